The van der Waals surface area contributed by atoms with E-state index in [9.17, 15) is 12.8 Å². The quantitative estimate of drug-likeness (QED) is 0.843. The highest BCUT2D eigenvalue weighted by Crippen LogP contribution is 2.22. The van der Waals surface area contributed by atoms with Gasteiger partial charge in [-0.3, -0.25) is 4.72 Å². The molecule has 0 radical (unpaired) electrons. The van der Waals surface area contributed by atoms with Crippen molar-refractivity contribution >= 4 is 31.6 Å². The van der Waals surface area contributed by atoms with Gasteiger partial charge in [0.25, 0.3) is 0 Å². The number of nitrogens with one attached hydrogen (secondary N) is 1. The number of anilines is 1. The number of hydrogen-bond acceptors (Lipinski definition) is 3. The van der Waals surface area contributed by atoms with Gasteiger partial charge in [-0.05, 0) is 52.3 Å². The molecule has 0 heterocycles. The van der Waals surface area contributed by atoms with Crippen LogP contribution in [0.15, 0.2) is 53.0 Å². The van der Waals surface area contributed by atoms with E-state index < -0.39 is 10.0 Å². The monoisotopic (exact) mass is 373 g/mol. The maximum absolute atomic E-state index is 12.7. The van der Waals surface area contributed by atoms with Crippen molar-refractivity contribution < 1.29 is 17.5 Å². The van der Waals surface area contributed by atoms with Crippen molar-refractivity contribution in [3.63, 3.8) is 0 Å². The lowest BCUT2D eigenvalue weighted by atomic mass is 10.3. The zero-order valence-corrected chi connectivity index (χ0v) is 13.3. The van der Waals surface area contributed by atoms with Gasteiger partial charge in [0.2, 0.25) is 10.0 Å². The van der Waals surface area contributed by atoms with Crippen molar-refractivity contribution in [1.82, 2.24) is 0 Å². The zero-order valence-electron chi connectivity index (χ0n) is 10.9. The lowest BCUT2D eigenvalue weighted by Crippen LogP contribution is -2.21. The first-order chi connectivity index (χ1) is 9.96. The molecule has 0 aliphatic heterocycles. The lowest BCUT2D eigenvalue weighted by Gasteiger charge is -2.10. The fourth-order valence-corrected chi connectivity index (χ4v) is 3.00. The van der Waals surface area contributed by atoms with E-state index in [1.165, 1.54) is 24.3 Å². The highest BCUT2D eigenvalue weighted by atomic mass is 79.9. The van der Waals surface area contributed by atoms with Crippen LogP contribution in [-0.4, -0.2) is 20.8 Å². The van der Waals surface area contributed by atoms with Gasteiger partial charge in [0.05, 0.1) is 5.69 Å². The van der Waals surface area contributed by atoms with Crippen molar-refractivity contribution in [2.24, 2.45) is 0 Å². The molecule has 0 saturated heterocycles. The molecule has 0 aliphatic rings. The lowest BCUT2D eigenvalue weighted by molar-refractivity contribution is 0.340. The number of halogens is 2. The molecule has 0 fully saturated rings. The Hall–Kier alpha value is -1.60. The minimum absolute atomic E-state index is 0.0224. The largest absolute Gasteiger partial charge is 0.492 e. The molecule has 112 valence electrons. The predicted octanol–water partition coefficient (Wildman–Crippen LogP) is 3.41. The first-order valence-electron chi connectivity index (χ1n) is 6.10. The molecule has 21 heavy (non-hydrogen) atoms. The van der Waals surface area contributed by atoms with E-state index in [1.54, 1.807) is 24.3 Å². The second-order valence-electron chi connectivity index (χ2n) is 4.20. The van der Waals surface area contributed by atoms with Crippen molar-refractivity contribution in [2.45, 2.75) is 0 Å². The molecule has 0 unspecified atom stereocenters. The minimum atomic E-state index is -3.51. The molecule has 2 aromatic rings. The molecule has 0 aromatic heterocycles. The molecule has 4 nitrogen and oxygen atoms in total. The highest BCUT2D eigenvalue weighted by molar-refractivity contribution is 9.10. The van der Waals surface area contributed by atoms with Crippen LogP contribution in [0, 0.1) is 5.82 Å². The van der Waals surface area contributed by atoms with Crippen LogP contribution in [0.25, 0.3) is 0 Å². The maximum Gasteiger partial charge on any atom is 0.236 e. The summed E-state index contributed by atoms with van der Waals surface area (Å²) in [6, 6.07) is 12.3. The van der Waals surface area contributed by atoms with Crippen LogP contribution < -0.4 is 9.46 Å². The van der Waals surface area contributed by atoms with Gasteiger partial charge in [0, 0.05) is 4.47 Å². The average Bonchev–Trinajstić information content (AvgIpc) is 2.43. The Balaban J connectivity index is 1.90. The molecule has 0 bridgehead atoms. The smallest absolute Gasteiger partial charge is 0.236 e. The summed E-state index contributed by atoms with van der Waals surface area (Å²) in [6.07, 6.45) is 0. The van der Waals surface area contributed by atoms with Gasteiger partial charge in [0.1, 0.15) is 23.9 Å². The molecular weight excluding hydrogens is 361 g/mol. The Labute approximate surface area is 131 Å². The Bertz CT molecular complexity index is 704. The van der Waals surface area contributed by atoms with E-state index in [4.69, 9.17) is 4.74 Å². The number of hydrogen-bond donors (Lipinski definition) is 1. The van der Waals surface area contributed by atoms with Crippen LogP contribution in [0.5, 0.6) is 5.75 Å². The first-order valence-corrected chi connectivity index (χ1v) is 8.54. The van der Waals surface area contributed by atoms with Gasteiger partial charge in [-0.2, -0.15) is 0 Å². The van der Waals surface area contributed by atoms with E-state index in [2.05, 4.69) is 20.7 Å². The van der Waals surface area contributed by atoms with Crippen molar-refractivity contribution in [3.8, 4) is 5.75 Å². The molecule has 1 N–H and O–H groups in total. The van der Waals surface area contributed by atoms with E-state index in [1.807, 2.05) is 0 Å². The molecule has 2 aromatic carbocycles. The van der Waals surface area contributed by atoms with E-state index in [-0.39, 0.29) is 18.2 Å². The molecule has 2 rings (SSSR count). The molecule has 7 heteroatoms. The summed E-state index contributed by atoms with van der Waals surface area (Å²) >= 11 is 3.27. The van der Waals surface area contributed by atoms with Gasteiger partial charge in [-0.1, -0.05) is 12.1 Å². The number of para-hydroxylation sites is 1. The van der Waals surface area contributed by atoms with Gasteiger partial charge in [-0.15, -0.1) is 0 Å². The van der Waals surface area contributed by atoms with Crippen molar-refractivity contribution in [2.75, 3.05) is 17.1 Å². The second kappa shape index (κ2) is 6.91. The summed E-state index contributed by atoms with van der Waals surface area (Å²) in [5.74, 6) is -0.149. The normalized spacial score (nSPS) is 11.1. The maximum atomic E-state index is 12.7. The SMILES string of the molecule is O=S(=O)(CCOc1ccc(F)cc1)Nc1ccccc1Br. The van der Waals surface area contributed by atoms with E-state index in [0.717, 1.165) is 0 Å². The van der Waals surface area contributed by atoms with Crippen LogP contribution in [-0.2, 0) is 10.0 Å². The topological polar surface area (TPSA) is 55.4 Å². The van der Waals surface area contributed by atoms with Gasteiger partial charge in [0.15, 0.2) is 0 Å². The molecule has 0 amide bonds. The summed E-state index contributed by atoms with van der Waals surface area (Å²) in [4.78, 5) is 0. The minimum Gasteiger partial charge on any atom is -0.492 e. The van der Waals surface area contributed by atoms with Crippen LogP contribution >= 0.6 is 15.9 Å². The Kier molecular flexibility index (Phi) is 5.19. The van der Waals surface area contributed by atoms with Crippen LogP contribution in [0.4, 0.5) is 10.1 Å². The summed E-state index contributed by atoms with van der Waals surface area (Å²) in [5.41, 5.74) is 0.472. The second-order valence-corrected chi connectivity index (χ2v) is 6.90. The predicted molar refractivity (Wildman–Crippen MR) is 83.4 cm³/mol. The van der Waals surface area contributed by atoms with Crippen LogP contribution in [0.2, 0.25) is 0 Å². The number of benzene rings is 2. The molecule has 0 saturated carbocycles. The standard InChI is InChI=1S/C14H13BrFNO3S/c15-13-3-1-2-4-14(13)17-21(18,19)10-9-20-12-7-5-11(16)6-8-12/h1-8,17H,9-10H2. The van der Waals surface area contributed by atoms with Crippen molar-refractivity contribution in [1.29, 1.82) is 0 Å². The Morgan fingerprint density at radius 2 is 1.76 bits per heavy atom. The fourth-order valence-electron chi connectivity index (χ4n) is 1.56. The number of sulfonamides is 1. The van der Waals surface area contributed by atoms with Gasteiger partial charge >= 0.3 is 0 Å². The Morgan fingerprint density at radius 3 is 2.43 bits per heavy atom. The molecule has 0 aliphatic carbocycles. The number of rotatable bonds is 6. The fraction of sp³-hybridized carbons (Fsp3) is 0.143. The molecule has 0 spiro atoms. The molecular formula is C14H13BrFNO3S. The number of ether oxygens (including phenoxy) is 1. The summed E-state index contributed by atoms with van der Waals surface area (Å²) in [5, 5.41) is 0. The summed E-state index contributed by atoms with van der Waals surface area (Å²) < 4.78 is 45.0. The third-order valence-electron chi connectivity index (χ3n) is 2.57. The van der Waals surface area contributed by atoms with E-state index in [0.29, 0.717) is 15.9 Å². The van der Waals surface area contributed by atoms with Crippen molar-refractivity contribution in [3.05, 3.63) is 58.8 Å². The van der Waals surface area contributed by atoms with Crippen LogP contribution in [0.1, 0.15) is 0 Å². The van der Waals surface area contributed by atoms with Gasteiger partial charge < -0.3 is 4.74 Å². The summed E-state index contributed by atoms with van der Waals surface area (Å²) in [6.45, 7) is -0.0224. The third-order valence-corrected chi connectivity index (χ3v) is 4.50. The first kappa shape index (κ1) is 15.8. The molecule has 0 atom stereocenters. The average molecular weight is 374 g/mol. The van der Waals surface area contributed by atoms with E-state index >= 15 is 0 Å². The van der Waals surface area contributed by atoms with Gasteiger partial charge in [-0.25, -0.2) is 12.8 Å². The van der Waals surface area contributed by atoms with Crippen LogP contribution in [0.3, 0.4) is 0 Å². The Morgan fingerprint density at radius 1 is 1.10 bits per heavy atom. The zero-order chi connectivity index (χ0) is 15.3. The third kappa shape index (κ3) is 5.02. The summed E-state index contributed by atoms with van der Waals surface area (Å²) in [7, 11) is -3.51. The highest BCUT2D eigenvalue weighted by Gasteiger charge is 2.12.